The van der Waals surface area contributed by atoms with Crippen molar-refractivity contribution in [1.82, 2.24) is 10.3 Å². The molecule has 0 saturated heterocycles. The zero-order valence-electron chi connectivity index (χ0n) is 17.3. The van der Waals surface area contributed by atoms with Gasteiger partial charge in [0.1, 0.15) is 0 Å². The first kappa shape index (κ1) is 21.5. The third-order valence-electron chi connectivity index (χ3n) is 5.05. The highest BCUT2D eigenvalue weighted by Crippen LogP contribution is 2.17. The maximum atomic E-state index is 13.1. The summed E-state index contributed by atoms with van der Waals surface area (Å²) in [5.41, 5.74) is 2.03. The van der Waals surface area contributed by atoms with Gasteiger partial charge >= 0.3 is 0 Å². The Bertz CT molecular complexity index is 1350. The van der Waals surface area contributed by atoms with E-state index in [-0.39, 0.29) is 10.8 Å². The minimum absolute atomic E-state index is 0.208. The van der Waals surface area contributed by atoms with Crippen LogP contribution < -0.4 is 5.32 Å². The van der Waals surface area contributed by atoms with E-state index in [2.05, 4.69) is 10.3 Å². The number of rotatable bonds is 7. The molecule has 0 bridgehead atoms. The highest BCUT2D eigenvalue weighted by Gasteiger charge is 2.17. The number of para-hydroxylation sites is 1. The predicted molar refractivity (Wildman–Crippen MR) is 126 cm³/mol. The van der Waals surface area contributed by atoms with Crippen molar-refractivity contribution in [2.24, 2.45) is 0 Å². The SMILES string of the molecule is O=C(NC(C=CS(=O)(=O)c1ccccc1)Cc1ccccc1)c1cccc2cccnc12. The highest BCUT2D eigenvalue weighted by molar-refractivity contribution is 7.94. The number of carbonyl (C=O) groups excluding carboxylic acids is 1. The normalized spacial score (nSPS) is 12.6. The molecule has 160 valence electrons. The number of nitrogens with one attached hydrogen (secondary N) is 1. The summed E-state index contributed by atoms with van der Waals surface area (Å²) < 4.78 is 25.4. The van der Waals surface area contributed by atoms with E-state index in [1.54, 1.807) is 48.7 Å². The van der Waals surface area contributed by atoms with Gasteiger partial charge in [0.15, 0.2) is 9.84 Å². The molecule has 6 heteroatoms. The molecule has 0 fully saturated rings. The largest absolute Gasteiger partial charge is 0.345 e. The number of benzene rings is 3. The third kappa shape index (κ3) is 5.10. The predicted octanol–water partition coefficient (Wildman–Crippen LogP) is 4.56. The Morgan fingerprint density at radius 1 is 0.875 bits per heavy atom. The summed E-state index contributed by atoms with van der Waals surface area (Å²) in [5, 5.41) is 4.99. The van der Waals surface area contributed by atoms with E-state index >= 15 is 0 Å². The van der Waals surface area contributed by atoms with E-state index in [9.17, 15) is 13.2 Å². The van der Waals surface area contributed by atoms with Crippen molar-refractivity contribution in [2.45, 2.75) is 17.4 Å². The quantitative estimate of drug-likeness (QED) is 0.455. The number of hydrogen-bond donors (Lipinski definition) is 1. The average molecular weight is 443 g/mol. The standard InChI is InChI=1S/C26H22N2O3S/c29-26(24-15-7-11-21-12-8-17-27-25(21)24)28-22(19-20-9-3-1-4-10-20)16-18-32(30,31)23-13-5-2-6-14-23/h1-18,22H,19H2,(H,28,29). The molecule has 4 rings (SSSR count). The first-order valence-corrected chi connectivity index (χ1v) is 11.7. The second-order valence-corrected chi connectivity index (χ2v) is 9.17. The summed E-state index contributed by atoms with van der Waals surface area (Å²) in [6.07, 6.45) is 3.63. The van der Waals surface area contributed by atoms with Gasteiger partial charge in [0, 0.05) is 17.0 Å². The van der Waals surface area contributed by atoms with Gasteiger partial charge in [-0.2, -0.15) is 0 Å². The molecular weight excluding hydrogens is 420 g/mol. The van der Waals surface area contributed by atoms with Crippen molar-refractivity contribution in [3.05, 3.63) is 120 Å². The van der Waals surface area contributed by atoms with Crippen molar-refractivity contribution >= 4 is 26.6 Å². The van der Waals surface area contributed by atoms with Crippen LogP contribution in [0.25, 0.3) is 10.9 Å². The maximum absolute atomic E-state index is 13.1. The second kappa shape index (κ2) is 9.58. The van der Waals surface area contributed by atoms with Crippen molar-refractivity contribution in [3.8, 4) is 0 Å². The lowest BCUT2D eigenvalue weighted by atomic mass is 10.0. The van der Waals surface area contributed by atoms with Crippen molar-refractivity contribution in [2.75, 3.05) is 0 Å². The van der Waals surface area contributed by atoms with Crippen LogP contribution in [0.1, 0.15) is 15.9 Å². The second-order valence-electron chi connectivity index (χ2n) is 7.34. The molecule has 1 unspecified atom stereocenters. The van der Waals surface area contributed by atoms with E-state index in [4.69, 9.17) is 0 Å². The minimum Gasteiger partial charge on any atom is -0.345 e. The summed E-state index contributed by atoms with van der Waals surface area (Å²) >= 11 is 0. The first-order valence-electron chi connectivity index (χ1n) is 10.2. The van der Waals surface area contributed by atoms with Crippen LogP contribution in [0.2, 0.25) is 0 Å². The van der Waals surface area contributed by atoms with Gasteiger partial charge in [-0.25, -0.2) is 8.42 Å². The molecule has 1 amide bonds. The number of nitrogens with zero attached hydrogens (tertiary/aromatic N) is 1. The number of pyridine rings is 1. The number of carbonyl (C=O) groups is 1. The number of sulfone groups is 1. The molecule has 3 aromatic carbocycles. The molecule has 1 aromatic heterocycles. The number of fused-ring (bicyclic) bond motifs is 1. The monoisotopic (exact) mass is 442 g/mol. The van der Waals surface area contributed by atoms with Gasteiger partial charge in [-0.15, -0.1) is 0 Å². The van der Waals surface area contributed by atoms with Gasteiger partial charge in [0.25, 0.3) is 5.91 Å². The molecule has 0 aliphatic rings. The summed E-state index contributed by atoms with van der Waals surface area (Å²) in [7, 11) is -3.63. The van der Waals surface area contributed by atoms with Crippen LogP contribution >= 0.6 is 0 Å². The van der Waals surface area contributed by atoms with Gasteiger partial charge in [0.05, 0.1) is 22.0 Å². The molecule has 5 nitrogen and oxygen atoms in total. The average Bonchev–Trinajstić information content (AvgIpc) is 2.83. The van der Waals surface area contributed by atoms with Gasteiger partial charge in [-0.1, -0.05) is 72.8 Å². The smallest absolute Gasteiger partial charge is 0.253 e. The zero-order chi connectivity index (χ0) is 22.4. The van der Waals surface area contributed by atoms with E-state index in [1.807, 2.05) is 48.5 Å². The summed E-state index contributed by atoms with van der Waals surface area (Å²) in [5.74, 6) is -0.308. The molecule has 32 heavy (non-hydrogen) atoms. The zero-order valence-corrected chi connectivity index (χ0v) is 18.1. The van der Waals surface area contributed by atoms with E-state index in [0.717, 1.165) is 16.4 Å². The minimum atomic E-state index is -3.63. The van der Waals surface area contributed by atoms with Crippen LogP contribution in [0, 0.1) is 0 Å². The van der Waals surface area contributed by atoms with Crippen LogP contribution in [0.5, 0.6) is 0 Å². The lowest BCUT2D eigenvalue weighted by molar-refractivity contribution is 0.0946. The molecule has 0 spiro atoms. The Labute approximate surface area is 187 Å². The summed E-state index contributed by atoms with van der Waals surface area (Å²) in [4.78, 5) is 17.7. The Kier molecular flexibility index (Phi) is 6.42. The summed E-state index contributed by atoms with van der Waals surface area (Å²) in [6, 6.07) is 26.4. The molecule has 0 aliphatic carbocycles. The Hall–Kier alpha value is -3.77. The van der Waals surface area contributed by atoms with Crippen LogP contribution in [0.15, 0.2) is 114 Å². The fourth-order valence-corrected chi connectivity index (χ4v) is 4.55. The van der Waals surface area contributed by atoms with Gasteiger partial charge < -0.3 is 5.32 Å². The summed E-state index contributed by atoms with van der Waals surface area (Å²) in [6.45, 7) is 0. The molecular formula is C26H22N2O3S. The fraction of sp³-hybridized carbons (Fsp3) is 0.0769. The van der Waals surface area contributed by atoms with Crippen LogP contribution in [0.4, 0.5) is 0 Å². The van der Waals surface area contributed by atoms with E-state index < -0.39 is 15.9 Å². The number of amides is 1. The maximum Gasteiger partial charge on any atom is 0.253 e. The van der Waals surface area contributed by atoms with Gasteiger partial charge in [-0.3, -0.25) is 9.78 Å². The van der Waals surface area contributed by atoms with Crippen molar-refractivity contribution in [3.63, 3.8) is 0 Å². The lowest BCUT2D eigenvalue weighted by Gasteiger charge is -2.16. The number of aromatic nitrogens is 1. The van der Waals surface area contributed by atoms with E-state index in [1.165, 1.54) is 6.08 Å². The van der Waals surface area contributed by atoms with E-state index in [0.29, 0.717) is 17.5 Å². The molecule has 4 aromatic rings. The van der Waals surface area contributed by atoms with Crippen LogP contribution in [0.3, 0.4) is 0 Å². The molecule has 0 radical (unpaired) electrons. The van der Waals surface area contributed by atoms with Crippen LogP contribution in [-0.2, 0) is 16.3 Å². The molecule has 1 heterocycles. The van der Waals surface area contributed by atoms with Gasteiger partial charge in [0.2, 0.25) is 0 Å². The Morgan fingerprint density at radius 2 is 1.56 bits per heavy atom. The first-order chi connectivity index (χ1) is 15.5. The van der Waals surface area contributed by atoms with Crippen molar-refractivity contribution < 1.29 is 13.2 Å². The molecule has 0 aliphatic heterocycles. The Morgan fingerprint density at radius 3 is 2.31 bits per heavy atom. The lowest BCUT2D eigenvalue weighted by Crippen LogP contribution is -2.35. The Balaban J connectivity index is 1.63. The molecule has 0 saturated carbocycles. The highest BCUT2D eigenvalue weighted by atomic mass is 32.2. The molecule has 1 atom stereocenters. The third-order valence-corrected chi connectivity index (χ3v) is 6.50. The van der Waals surface area contributed by atoms with Gasteiger partial charge in [-0.05, 0) is 36.2 Å². The topological polar surface area (TPSA) is 76.1 Å². The molecule has 1 N–H and O–H groups in total. The van der Waals surface area contributed by atoms with Crippen molar-refractivity contribution in [1.29, 1.82) is 0 Å². The van der Waals surface area contributed by atoms with Crippen LogP contribution in [-0.4, -0.2) is 25.4 Å². The fourth-order valence-electron chi connectivity index (χ4n) is 3.46. The number of hydrogen-bond acceptors (Lipinski definition) is 4.